The van der Waals surface area contributed by atoms with Crippen molar-refractivity contribution >= 4 is 10.0 Å². The van der Waals surface area contributed by atoms with Crippen LogP contribution in [0, 0.1) is 0 Å². The van der Waals surface area contributed by atoms with Crippen LogP contribution >= 0.6 is 0 Å². The molecule has 2 heterocycles. The second kappa shape index (κ2) is 5.08. The molecule has 0 amide bonds. The Morgan fingerprint density at radius 1 is 1.29 bits per heavy atom. The van der Waals surface area contributed by atoms with Crippen molar-refractivity contribution in [2.45, 2.75) is 30.3 Å². The molecule has 1 aromatic rings. The van der Waals surface area contributed by atoms with Gasteiger partial charge in [0.05, 0.1) is 5.60 Å². The Bertz CT molecular complexity index is 771. The molecule has 1 aliphatic rings. The summed E-state index contributed by atoms with van der Waals surface area (Å²) in [6.45, 7) is 1.84. The van der Waals surface area contributed by atoms with Crippen LogP contribution in [-0.4, -0.2) is 45.7 Å². The fourth-order valence-electron chi connectivity index (χ4n) is 2.49. The zero-order valence-electron chi connectivity index (χ0n) is 12.2. The highest BCUT2D eigenvalue weighted by Crippen LogP contribution is 2.30. The molecule has 1 fully saturated rings. The van der Waals surface area contributed by atoms with Gasteiger partial charge in [0.25, 0.3) is 5.56 Å². The number of hydrogen-bond acceptors (Lipinski definition) is 5. The second-order valence-corrected chi connectivity index (χ2v) is 7.40. The molecule has 21 heavy (non-hydrogen) atoms. The van der Waals surface area contributed by atoms with Crippen molar-refractivity contribution in [1.82, 2.24) is 13.4 Å². The zero-order valence-corrected chi connectivity index (χ0v) is 13.1. The summed E-state index contributed by atoms with van der Waals surface area (Å²) in [7, 11) is -1.40. The van der Waals surface area contributed by atoms with Crippen molar-refractivity contribution in [2.24, 2.45) is 14.1 Å². The van der Waals surface area contributed by atoms with Crippen molar-refractivity contribution in [1.29, 1.82) is 0 Å². The maximum absolute atomic E-state index is 12.4. The van der Waals surface area contributed by atoms with Crippen molar-refractivity contribution in [2.75, 3.05) is 13.1 Å². The Hall–Kier alpha value is -1.45. The molecule has 0 aliphatic carbocycles. The number of nitrogens with zero attached hydrogens (tertiary/aromatic N) is 3. The van der Waals surface area contributed by atoms with Gasteiger partial charge in [-0.2, -0.15) is 4.31 Å². The topological polar surface area (TPSA) is 102 Å². The van der Waals surface area contributed by atoms with Crippen LogP contribution in [0.5, 0.6) is 0 Å². The van der Waals surface area contributed by atoms with Crippen molar-refractivity contribution in [3.8, 4) is 0 Å². The molecule has 9 heteroatoms. The van der Waals surface area contributed by atoms with Gasteiger partial charge >= 0.3 is 5.69 Å². The first-order valence-electron chi connectivity index (χ1n) is 6.61. The number of rotatable bonds is 4. The van der Waals surface area contributed by atoms with E-state index in [2.05, 4.69) is 0 Å². The second-order valence-electron chi connectivity index (χ2n) is 5.50. The smallest absolute Gasteiger partial charge is 0.330 e. The minimum Gasteiger partial charge on any atom is -0.387 e. The van der Waals surface area contributed by atoms with Gasteiger partial charge in [-0.3, -0.25) is 9.36 Å². The molecule has 0 spiro atoms. The molecule has 118 valence electrons. The molecule has 0 radical (unpaired) electrons. The number of hydrogen-bond donors (Lipinski definition) is 1. The Labute approximate surface area is 122 Å². The highest BCUT2D eigenvalue weighted by Gasteiger charge is 2.47. The van der Waals surface area contributed by atoms with Crippen LogP contribution in [0.4, 0.5) is 0 Å². The molecule has 2 rings (SSSR count). The Morgan fingerprint density at radius 3 is 2.38 bits per heavy atom. The summed E-state index contributed by atoms with van der Waals surface area (Å²) < 4.78 is 27.7. The van der Waals surface area contributed by atoms with E-state index in [0.717, 1.165) is 26.1 Å². The predicted molar refractivity (Wildman–Crippen MR) is 75.5 cm³/mol. The lowest BCUT2D eigenvalue weighted by Gasteiger charge is -2.45. The van der Waals surface area contributed by atoms with E-state index in [1.807, 2.05) is 6.92 Å². The number of sulfonamides is 1. The van der Waals surface area contributed by atoms with Crippen molar-refractivity contribution < 1.29 is 13.5 Å². The summed E-state index contributed by atoms with van der Waals surface area (Å²) in [5.41, 5.74) is -2.47. The molecule has 0 aromatic carbocycles. The van der Waals surface area contributed by atoms with Gasteiger partial charge in [-0.1, -0.05) is 13.3 Å². The van der Waals surface area contributed by atoms with E-state index in [1.165, 1.54) is 14.1 Å². The fourth-order valence-corrected chi connectivity index (χ4v) is 4.24. The predicted octanol–water partition coefficient (Wildman–Crippen LogP) is -1.38. The summed E-state index contributed by atoms with van der Waals surface area (Å²) in [6.07, 6.45) is 2.27. The van der Waals surface area contributed by atoms with E-state index < -0.39 is 31.8 Å². The monoisotopic (exact) mass is 317 g/mol. The highest BCUT2D eigenvalue weighted by atomic mass is 32.2. The van der Waals surface area contributed by atoms with Gasteiger partial charge in [-0.25, -0.2) is 13.2 Å². The fraction of sp³-hybridized carbons (Fsp3) is 0.667. The Kier molecular flexibility index (Phi) is 3.85. The minimum absolute atomic E-state index is 0.0326. The lowest BCUT2D eigenvalue weighted by Crippen LogP contribution is -2.63. The molecule has 0 atom stereocenters. The van der Waals surface area contributed by atoms with Gasteiger partial charge in [0, 0.05) is 33.4 Å². The first kappa shape index (κ1) is 15.9. The summed E-state index contributed by atoms with van der Waals surface area (Å²) in [5, 5.41) is 10.1. The summed E-state index contributed by atoms with van der Waals surface area (Å²) in [4.78, 5) is 23.1. The first-order chi connectivity index (χ1) is 9.62. The third kappa shape index (κ3) is 2.56. The van der Waals surface area contributed by atoms with Crippen LogP contribution in [0.3, 0.4) is 0 Å². The van der Waals surface area contributed by atoms with Crippen LogP contribution in [0.25, 0.3) is 0 Å². The Balaban J connectivity index is 2.40. The SMILES string of the molecule is CCCC1(O)CN(S(=O)(=O)c2cn(C)c(=O)n(C)c2=O)C1. The molecule has 1 saturated heterocycles. The van der Waals surface area contributed by atoms with E-state index in [-0.39, 0.29) is 13.1 Å². The average molecular weight is 317 g/mol. The van der Waals surface area contributed by atoms with Gasteiger partial charge in [-0.15, -0.1) is 0 Å². The minimum atomic E-state index is -4.00. The van der Waals surface area contributed by atoms with E-state index in [0.29, 0.717) is 6.42 Å². The van der Waals surface area contributed by atoms with E-state index >= 15 is 0 Å². The van der Waals surface area contributed by atoms with Gasteiger partial charge < -0.3 is 9.67 Å². The quantitative estimate of drug-likeness (QED) is 0.737. The molecule has 1 aromatic heterocycles. The highest BCUT2D eigenvalue weighted by molar-refractivity contribution is 7.89. The van der Waals surface area contributed by atoms with E-state index in [1.54, 1.807) is 0 Å². The number of β-amino-alcohol motifs (C(OH)–C–C–N with tert-alkyl or cyclic N) is 1. The molecular weight excluding hydrogens is 298 g/mol. The van der Waals surface area contributed by atoms with Crippen molar-refractivity contribution in [3.63, 3.8) is 0 Å². The normalized spacial score (nSPS) is 18.5. The third-order valence-corrected chi connectivity index (χ3v) is 5.46. The van der Waals surface area contributed by atoms with E-state index in [9.17, 15) is 23.1 Å². The number of aromatic nitrogens is 2. The van der Waals surface area contributed by atoms with E-state index in [4.69, 9.17) is 0 Å². The van der Waals surface area contributed by atoms with Crippen molar-refractivity contribution in [3.05, 3.63) is 27.0 Å². The molecule has 1 aliphatic heterocycles. The maximum atomic E-state index is 12.4. The van der Waals surface area contributed by atoms with Gasteiger partial charge in [0.2, 0.25) is 10.0 Å². The van der Waals surface area contributed by atoms with Gasteiger partial charge in [-0.05, 0) is 6.42 Å². The average Bonchev–Trinajstić information content (AvgIpc) is 2.37. The first-order valence-corrected chi connectivity index (χ1v) is 8.05. The van der Waals surface area contributed by atoms with Crippen LogP contribution in [0.1, 0.15) is 19.8 Å². The number of aryl methyl sites for hydroxylation is 1. The standard InChI is InChI=1S/C12H19N3O5S/c1-4-5-12(18)7-15(8-12)21(19,20)9-6-13(2)11(17)14(3)10(9)16/h6,18H,4-5,7-8H2,1-3H3. The van der Waals surface area contributed by atoms with Gasteiger partial charge in [0.1, 0.15) is 0 Å². The van der Waals surface area contributed by atoms with Crippen LogP contribution in [0.2, 0.25) is 0 Å². The molecule has 8 nitrogen and oxygen atoms in total. The summed E-state index contributed by atoms with van der Waals surface area (Å²) in [6, 6.07) is 0. The van der Waals surface area contributed by atoms with Crippen LogP contribution in [-0.2, 0) is 24.1 Å². The largest absolute Gasteiger partial charge is 0.387 e. The van der Waals surface area contributed by atoms with Gasteiger partial charge in [0.15, 0.2) is 4.90 Å². The zero-order chi connectivity index (χ0) is 16.0. The molecule has 1 N–H and O–H groups in total. The number of aliphatic hydroxyl groups is 1. The third-order valence-electron chi connectivity index (χ3n) is 3.69. The Morgan fingerprint density at radius 2 is 1.86 bits per heavy atom. The lowest BCUT2D eigenvalue weighted by molar-refractivity contribution is -0.0653. The maximum Gasteiger partial charge on any atom is 0.330 e. The molecule has 0 unspecified atom stereocenters. The molecule has 0 saturated carbocycles. The summed E-state index contributed by atoms with van der Waals surface area (Å²) in [5.74, 6) is 0. The van der Waals surface area contributed by atoms with Crippen LogP contribution < -0.4 is 11.2 Å². The molecular formula is C12H19N3O5S. The lowest BCUT2D eigenvalue weighted by atomic mass is 9.92. The molecule has 0 bridgehead atoms. The summed E-state index contributed by atoms with van der Waals surface area (Å²) >= 11 is 0. The van der Waals surface area contributed by atoms with Crippen LogP contribution in [0.15, 0.2) is 20.7 Å².